The van der Waals surface area contributed by atoms with Gasteiger partial charge in [-0.05, 0) is 55.3 Å². The monoisotopic (exact) mass is 401 g/mol. The highest BCUT2D eigenvalue weighted by Crippen LogP contribution is 2.14. The number of rotatable bonds is 7. The topological polar surface area (TPSA) is 79.8 Å². The van der Waals surface area contributed by atoms with Crippen LogP contribution in [0.25, 0.3) is 0 Å². The van der Waals surface area contributed by atoms with Crippen molar-refractivity contribution in [2.75, 3.05) is 11.9 Å². The molecule has 0 bridgehead atoms. The number of para-hydroxylation sites is 1. The van der Waals surface area contributed by atoms with Gasteiger partial charge in [-0.2, -0.15) is 5.10 Å². The number of ether oxygens (including phenoxy) is 1. The maximum absolute atomic E-state index is 12.1. The number of nitrogens with one attached hydrogen (secondary N) is 2. The number of benzene rings is 3. The summed E-state index contributed by atoms with van der Waals surface area (Å²) >= 11 is 0. The van der Waals surface area contributed by atoms with Crippen LogP contribution in [0.4, 0.5) is 5.69 Å². The Labute approximate surface area is 175 Å². The maximum atomic E-state index is 12.1. The molecular formula is C24H23N3O3. The highest BCUT2D eigenvalue weighted by Gasteiger charge is 2.06. The van der Waals surface area contributed by atoms with E-state index in [1.807, 2.05) is 56.3 Å². The zero-order valence-electron chi connectivity index (χ0n) is 16.9. The summed E-state index contributed by atoms with van der Waals surface area (Å²) in [5, 5.41) is 6.81. The van der Waals surface area contributed by atoms with Crippen LogP contribution in [0.5, 0.6) is 5.75 Å². The van der Waals surface area contributed by atoms with Crippen molar-refractivity contribution in [2.24, 2.45) is 5.10 Å². The highest BCUT2D eigenvalue weighted by atomic mass is 16.5. The molecule has 152 valence electrons. The zero-order chi connectivity index (χ0) is 21.3. The van der Waals surface area contributed by atoms with Crippen molar-refractivity contribution in [1.82, 2.24) is 5.43 Å². The van der Waals surface area contributed by atoms with Crippen LogP contribution in [0.15, 0.2) is 77.9 Å². The Kier molecular flexibility index (Phi) is 6.95. The lowest BCUT2D eigenvalue weighted by Gasteiger charge is -2.09. The van der Waals surface area contributed by atoms with Gasteiger partial charge < -0.3 is 10.1 Å². The number of hydrogen-bond acceptors (Lipinski definition) is 4. The van der Waals surface area contributed by atoms with Gasteiger partial charge in [-0.15, -0.1) is 0 Å². The van der Waals surface area contributed by atoms with E-state index >= 15 is 0 Å². The first kappa shape index (κ1) is 20.8. The summed E-state index contributed by atoms with van der Waals surface area (Å²) in [4.78, 5) is 24.2. The Morgan fingerprint density at radius 2 is 1.73 bits per heavy atom. The van der Waals surface area contributed by atoms with Gasteiger partial charge >= 0.3 is 0 Å². The molecule has 0 aliphatic carbocycles. The number of aryl methyl sites for hydroxylation is 2. The van der Waals surface area contributed by atoms with Crippen LogP contribution < -0.4 is 15.5 Å². The van der Waals surface area contributed by atoms with Crippen LogP contribution in [0.3, 0.4) is 0 Å². The van der Waals surface area contributed by atoms with E-state index in [-0.39, 0.29) is 18.4 Å². The number of carbonyl (C=O) groups excluding carboxylic acids is 2. The largest absolute Gasteiger partial charge is 0.484 e. The van der Waals surface area contributed by atoms with Crippen molar-refractivity contribution in [2.45, 2.75) is 13.8 Å². The Bertz CT molecular complexity index is 1060. The molecule has 0 spiro atoms. The van der Waals surface area contributed by atoms with E-state index in [2.05, 4.69) is 15.8 Å². The van der Waals surface area contributed by atoms with Crippen molar-refractivity contribution in [1.29, 1.82) is 0 Å². The molecule has 3 rings (SSSR count). The number of nitrogens with zero attached hydrogens (tertiary/aromatic N) is 1. The molecular weight excluding hydrogens is 378 g/mol. The Balaban J connectivity index is 1.52. The second-order valence-corrected chi connectivity index (χ2v) is 6.79. The molecule has 2 amide bonds. The van der Waals surface area contributed by atoms with Crippen molar-refractivity contribution in [3.8, 4) is 5.75 Å². The van der Waals surface area contributed by atoms with Crippen LogP contribution in [-0.4, -0.2) is 24.6 Å². The molecule has 30 heavy (non-hydrogen) atoms. The van der Waals surface area contributed by atoms with Gasteiger partial charge in [0.2, 0.25) is 0 Å². The third kappa shape index (κ3) is 6.04. The van der Waals surface area contributed by atoms with E-state index in [0.29, 0.717) is 11.3 Å². The van der Waals surface area contributed by atoms with E-state index in [1.54, 1.807) is 30.3 Å². The molecule has 0 saturated heterocycles. The summed E-state index contributed by atoms with van der Waals surface area (Å²) in [7, 11) is 0. The number of amides is 2. The minimum Gasteiger partial charge on any atom is -0.484 e. The van der Waals surface area contributed by atoms with Gasteiger partial charge in [-0.3, -0.25) is 9.59 Å². The minimum absolute atomic E-state index is 0.112. The Morgan fingerprint density at radius 1 is 0.967 bits per heavy atom. The molecule has 0 radical (unpaired) electrons. The van der Waals surface area contributed by atoms with Crippen LogP contribution in [0.1, 0.15) is 27.0 Å². The fourth-order valence-corrected chi connectivity index (χ4v) is 2.67. The predicted molar refractivity (Wildman–Crippen MR) is 118 cm³/mol. The molecule has 0 heterocycles. The van der Waals surface area contributed by atoms with Crippen molar-refractivity contribution in [3.63, 3.8) is 0 Å². The lowest BCUT2D eigenvalue weighted by atomic mass is 10.1. The SMILES string of the molecule is Cc1ccc(C(=O)N/N=C/c2cccc(OCC(=O)Nc3ccccc3C)c2)cc1. The van der Waals surface area contributed by atoms with E-state index < -0.39 is 0 Å². The lowest BCUT2D eigenvalue weighted by Crippen LogP contribution is -2.20. The highest BCUT2D eigenvalue weighted by molar-refractivity contribution is 5.95. The maximum Gasteiger partial charge on any atom is 0.271 e. The molecule has 6 nitrogen and oxygen atoms in total. The number of anilines is 1. The van der Waals surface area contributed by atoms with Crippen LogP contribution in [0, 0.1) is 13.8 Å². The minimum atomic E-state index is -0.286. The van der Waals surface area contributed by atoms with Gasteiger partial charge in [-0.1, -0.05) is 48.0 Å². The summed E-state index contributed by atoms with van der Waals surface area (Å²) in [6.45, 7) is 3.78. The molecule has 3 aromatic carbocycles. The fraction of sp³-hybridized carbons (Fsp3) is 0.125. The van der Waals surface area contributed by atoms with Crippen molar-refractivity contribution >= 4 is 23.7 Å². The van der Waals surface area contributed by atoms with Gasteiger partial charge in [-0.25, -0.2) is 5.43 Å². The van der Waals surface area contributed by atoms with E-state index in [1.165, 1.54) is 6.21 Å². The molecule has 0 unspecified atom stereocenters. The van der Waals surface area contributed by atoms with Gasteiger partial charge in [0.25, 0.3) is 11.8 Å². The molecule has 6 heteroatoms. The van der Waals surface area contributed by atoms with Gasteiger partial charge in [0.15, 0.2) is 6.61 Å². The molecule has 2 N–H and O–H groups in total. The first-order chi connectivity index (χ1) is 14.5. The summed E-state index contributed by atoms with van der Waals surface area (Å²) in [6, 6.07) is 21.9. The molecule has 0 atom stereocenters. The van der Waals surface area contributed by atoms with E-state index in [4.69, 9.17) is 4.74 Å². The molecule has 0 aliphatic heterocycles. The third-order valence-corrected chi connectivity index (χ3v) is 4.34. The van der Waals surface area contributed by atoms with E-state index in [0.717, 1.165) is 22.4 Å². The smallest absolute Gasteiger partial charge is 0.271 e. The molecule has 0 fully saturated rings. The average molecular weight is 401 g/mol. The lowest BCUT2D eigenvalue weighted by molar-refractivity contribution is -0.118. The number of hydrogen-bond donors (Lipinski definition) is 2. The second kappa shape index (κ2) is 10.0. The van der Waals surface area contributed by atoms with Crippen molar-refractivity contribution in [3.05, 3.63) is 95.1 Å². The first-order valence-corrected chi connectivity index (χ1v) is 9.50. The zero-order valence-corrected chi connectivity index (χ0v) is 16.9. The normalized spacial score (nSPS) is 10.6. The second-order valence-electron chi connectivity index (χ2n) is 6.79. The fourth-order valence-electron chi connectivity index (χ4n) is 2.67. The molecule has 0 aromatic heterocycles. The molecule has 3 aromatic rings. The summed E-state index contributed by atoms with van der Waals surface area (Å²) in [5.41, 5.74) is 6.59. The predicted octanol–water partition coefficient (Wildman–Crippen LogP) is 4.08. The first-order valence-electron chi connectivity index (χ1n) is 9.50. The Morgan fingerprint density at radius 3 is 2.50 bits per heavy atom. The standard InChI is InChI=1S/C24H23N3O3/c1-17-10-12-20(13-11-17)24(29)27-25-15-19-7-5-8-21(14-19)30-16-23(28)26-22-9-4-3-6-18(22)2/h3-15H,16H2,1-2H3,(H,26,28)(H,27,29)/b25-15+. The number of carbonyl (C=O) groups is 2. The van der Waals surface area contributed by atoms with Crippen LogP contribution in [0.2, 0.25) is 0 Å². The van der Waals surface area contributed by atoms with Crippen LogP contribution in [-0.2, 0) is 4.79 Å². The molecule has 0 saturated carbocycles. The molecule has 0 aliphatic rings. The summed E-state index contributed by atoms with van der Waals surface area (Å²) in [6.07, 6.45) is 1.52. The van der Waals surface area contributed by atoms with Gasteiger partial charge in [0.1, 0.15) is 5.75 Å². The Hall–Kier alpha value is -3.93. The van der Waals surface area contributed by atoms with Gasteiger partial charge in [0, 0.05) is 11.3 Å². The quantitative estimate of drug-likeness (QED) is 0.462. The van der Waals surface area contributed by atoms with Gasteiger partial charge in [0.05, 0.1) is 6.21 Å². The van der Waals surface area contributed by atoms with E-state index in [9.17, 15) is 9.59 Å². The summed E-state index contributed by atoms with van der Waals surface area (Å²) < 4.78 is 5.57. The van der Waals surface area contributed by atoms with Crippen molar-refractivity contribution < 1.29 is 14.3 Å². The van der Waals surface area contributed by atoms with Crippen LogP contribution >= 0.6 is 0 Å². The average Bonchev–Trinajstić information content (AvgIpc) is 2.75. The number of hydrazone groups is 1. The third-order valence-electron chi connectivity index (χ3n) is 4.34. The summed E-state index contributed by atoms with van der Waals surface area (Å²) in [5.74, 6) is 0.00371.